The molecule has 0 atom stereocenters. The van der Waals surface area contributed by atoms with Crippen LogP contribution in [0.15, 0.2) is 54.2 Å². The van der Waals surface area contributed by atoms with Crippen LogP contribution in [0.2, 0.25) is 0 Å². The predicted molar refractivity (Wildman–Crippen MR) is 109 cm³/mol. The molecule has 6 nitrogen and oxygen atoms in total. The molecule has 0 aliphatic heterocycles. The molecule has 3 N–H and O–H groups in total. The summed E-state index contributed by atoms with van der Waals surface area (Å²) in [5.74, 6) is -0.951. The lowest BCUT2D eigenvalue weighted by atomic mass is 10.1. The zero-order valence-electron chi connectivity index (χ0n) is 15.7. The normalized spacial score (nSPS) is 11.2. The summed E-state index contributed by atoms with van der Waals surface area (Å²) in [5, 5.41) is 13.2. The highest BCUT2D eigenvalue weighted by Gasteiger charge is 2.14. The van der Waals surface area contributed by atoms with Crippen LogP contribution in [0.25, 0.3) is 17.0 Å². The molecule has 28 heavy (non-hydrogen) atoms. The monoisotopic (exact) mass is 372 g/mol. The number of aryl methyl sites for hydroxylation is 1. The molecule has 0 aliphatic carbocycles. The number of anilines is 1. The van der Waals surface area contributed by atoms with E-state index in [0.29, 0.717) is 11.3 Å². The zero-order chi connectivity index (χ0) is 20.3. The highest BCUT2D eigenvalue weighted by molar-refractivity contribution is 6.11. The molecule has 3 aromatic rings. The van der Waals surface area contributed by atoms with E-state index in [4.69, 9.17) is 5.73 Å². The number of carbonyl (C=O) groups excluding carboxylic acids is 2. The number of nitrogens with zero attached hydrogens (tertiary/aromatic N) is 2. The maximum absolute atomic E-state index is 12.6. The Labute approximate surface area is 162 Å². The van der Waals surface area contributed by atoms with E-state index in [2.05, 4.69) is 5.32 Å². The van der Waals surface area contributed by atoms with E-state index >= 15 is 0 Å². The van der Waals surface area contributed by atoms with Crippen molar-refractivity contribution in [2.45, 2.75) is 20.4 Å². The number of nitriles is 1. The number of hydrogen-bond donors (Lipinski definition) is 2. The van der Waals surface area contributed by atoms with Gasteiger partial charge in [-0.1, -0.05) is 30.3 Å². The van der Waals surface area contributed by atoms with Gasteiger partial charge in [0.25, 0.3) is 5.91 Å². The van der Waals surface area contributed by atoms with Gasteiger partial charge in [0.1, 0.15) is 18.2 Å². The van der Waals surface area contributed by atoms with Crippen LogP contribution in [0.3, 0.4) is 0 Å². The molecule has 0 aliphatic rings. The topological polar surface area (TPSA) is 101 Å². The standard InChI is InChI=1S/C22H20N4O2/c1-14-6-5-8-19(15(14)2)25-22(28)16(11-23)10-17-12-26(13-21(24)27)20-9-4-3-7-18(17)20/h3-10,12H,13H2,1-2H3,(H2,24,27)(H,25,28)/b16-10+. The van der Waals surface area contributed by atoms with Gasteiger partial charge in [-0.3, -0.25) is 9.59 Å². The molecule has 1 heterocycles. The summed E-state index contributed by atoms with van der Waals surface area (Å²) < 4.78 is 1.71. The predicted octanol–water partition coefficient (Wildman–Crippen LogP) is 3.29. The highest BCUT2D eigenvalue weighted by atomic mass is 16.2. The Hall–Kier alpha value is -3.85. The summed E-state index contributed by atoms with van der Waals surface area (Å²) >= 11 is 0. The Morgan fingerprint density at radius 3 is 2.64 bits per heavy atom. The van der Waals surface area contributed by atoms with Crippen LogP contribution in [-0.4, -0.2) is 16.4 Å². The molecular weight excluding hydrogens is 352 g/mol. The van der Waals surface area contributed by atoms with Crippen molar-refractivity contribution in [1.82, 2.24) is 4.57 Å². The third kappa shape index (κ3) is 3.79. The third-order valence-corrected chi connectivity index (χ3v) is 4.66. The summed E-state index contributed by atoms with van der Waals surface area (Å²) in [7, 11) is 0. The number of fused-ring (bicyclic) bond motifs is 1. The van der Waals surface area contributed by atoms with E-state index in [9.17, 15) is 14.9 Å². The minimum Gasteiger partial charge on any atom is -0.368 e. The first-order valence-electron chi connectivity index (χ1n) is 8.76. The molecule has 0 fully saturated rings. The van der Waals surface area contributed by atoms with Gasteiger partial charge >= 0.3 is 0 Å². The molecule has 0 unspecified atom stereocenters. The second-order valence-electron chi connectivity index (χ2n) is 6.57. The van der Waals surface area contributed by atoms with E-state index in [-0.39, 0.29) is 12.1 Å². The first-order chi connectivity index (χ1) is 13.4. The Bertz CT molecular complexity index is 1150. The molecule has 1 aromatic heterocycles. The van der Waals surface area contributed by atoms with Crippen molar-refractivity contribution in [3.63, 3.8) is 0 Å². The van der Waals surface area contributed by atoms with Gasteiger partial charge < -0.3 is 15.6 Å². The molecule has 0 spiro atoms. The van der Waals surface area contributed by atoms with Crippen molar-refractivity contribution in [3.8, 4) is 6.07 Å². The van der Waals surface area contributed by atoms with Gasteiger partial charge in [0.05, 0.1) is 0 Å². The van der Waals surface area contributed by atoms with Crippen molar-refractivity contribution in [2.24, 2.45) is 5.73 Å². The number of amides is 2. The first-order valence-corrected chi connectivity index (χ1v) is 8.76. The number of carbonyl (C=O) groups is 2. The van der Waals surface area contributed by atoms with E-state index in [1.807, 2.05) is 56.3 Å². The van der Waals surface area contributed by atoms with Gasteiger partial charge in [0.2, 0.25) is 5.91 Å². The molecule has 0 saturated carbocycles. The van der Waals surface area contributed by atoms with Crippen molar-refractivity contribution in [1.29, 1.82) is 5.26 Å². The summed E-state index contributed by atoms with van der Waals surface area (Å²) in [6.07, 6.45) is 3.25. The van der Waals surface area contributed by atoms with E-state index in [1.165, 1.54) is 6.08 Å². The molecule has 0 saturated heterocycles. The van der Waals surface area contributed by atoms with Gasteiger partial charge in [0, 0.05) is 28.4 Å². The Morgan fingerprint density at radius 1 is 1.18 bits per heavy atom. The van der Waals surface area contributed by atoms with E-state index < -0.39 is 11.8 Å². The average Bonchev–Trinajstić information content (AvgIpc) is 3.00. The number of nitrogens with one attached hydrogen (secondary N) is 1. The molecule has 0 bridgehead atoms. The molecule has 6 heteroatoms. The molecule has 0 radical (unpaired) electrons. The fraction of sp³-hybridized carbons (Fsp3) is 0.136. The van der Waals surface area contributed by atoms with Crippen molar-refractivity contribution < 1.29 is 9.59 Å². The molecule has 2 aromatic carbocycles. The minimum absolute atomic E-state index is 0.0188. The molecular formula is C22H20N4O2. The number of para-hydroxylation sites is 1. The molecule has 3 rings (SSSR count). The number of hydrogen-bond acceptors (Lipinski definition) is 3. The van der Waals surface area contributed by atoms with Crippen LogP contribution in [-0.2, 0) is 16.1 Å². The van der Waals surface area contributed by atoms with E-state index in [1.54, 1.807) is 16.8 Å². The van der Waals surface area contributed by atoms with Crippen LogP contribution in [0.5, 0.6) is 0 Å². The molecule has 140 valence electrons. The first kappa shape index (κ1) is 18.9. The second-order valence-corrected chi connectivity index (χ2v) is 6.57. The Balaban J connectivity index is 1.99. The lowest BCUT2D eigenvalue weighted by Gasteiger charge is -2.09. The average molecular weight is 372 g/mol. The van der Waals surface area contributed by atoms with Gasteiger partial charge in [-0.2, -0.15) is 5.26 Å². The summed E-state index contributed by atoms with van der Waals surface area (Å²) in [6.45, 7) is 3.89. The van der Waals surface area contributed by atoms with Crippen LogP contribution < -0.4 is 11.1 Å². The van der Waals surface area contributed by atoms with Gasteiger partial charge in [-0.15, -0.1) is 0 Å². The summed E-state index contributed by atoms with van der Waals surface area (Å²) in [5.41, 5.74) is 9.44. The highest BCUT2D eigenvalue weighted by Crippen LogP contribution is 2.24. The fourth-order valence-electron chi connectivity index (χ4n) is 3.07. The Morgan fingerprint density at radius 2 is 1.93 bits per heavy atom. The lowest BCUT2D eigenvalue weighted by molar-refractivity contribution is -0.118. The Kier molecular flexibility index (Phi) is 5.28. The lowest BCUT2D eigenvalue weighted by Crippen LogP contribution is -2.17. The number of rotatable bonds is 5. The number of aromatic nitrogens is 1. The van der Waals surface area contributed by atoms with Crippen LogP contribution in [0.4, 0.5) is 5.69 Å². The maximum Gasteiger partial charge on any atom is 0.266 e. The smallest absolute Gasteiger partial charge is 0.266 e. The zero-order valence-corrected chi connectivity index (χ0v) is 15.7. The van der Waals surface area contributed by atoms with Crippen LogP contribution in [0, 0.1) is 25.2 Å². The van der Waals surface area contributed by atoms with Gasteiger partial charge in [-0.05, 0) is 43.2 Å². The molecule has 2 amide bonds. The summed E-state index contributed by atoms with van der Waals surface area (Å²) in [6, 6.07) is 15.0. The quantitative estimate of drug-likeness (QED) is 0.531. The maximum atomic E-state index is 12.6. The van der Waals surface area contributed by atoms with Gasteiger partial charge in [0.15, 0.2) is 0 Å². The largest absolute Gasteiger partial charge is 0.368 e. The van der Waals surface area contributed by atoms with Crippen molar-refractivity contribution in [3.05, 3.63) is 70.9 Å². The number of nitrogens with two attached hydrogens (primary N) is 1. The van der Waals surface area contributed by atoms with Crippen LogP contribution >= 0.6 is 0 Å². The second kappa shape index (κ2) is 7.80. The number of primary amides is 1. The van der Waals surface area contributed by atoms with E-state index in [0.717, 1.165) is 22.0 Å². The van der Waals surface area contributed by atoms with Crippen molar-refractivity contribution >= 4 is 34.5 Å². The minimum atomic E-state index is -0.483. The van der Waals surface area contributed by atoms with Gasteiger partial charge in [-0.25, -0.2) is 0 Å². The number of benzene rings is 2. The third-order valence-electron chi connectivity index (χ3n) is 4.66. The van der Waals surface area contributed by atoms with Crippen molar-refractivity contribution in [2.75, 3.05) is 5.32 Å². The SMILES string of the molecule is Cc1cccc(NC(=O)/C(C#N)=C/c2cn(CC(N)=O)c3ccccc23)c1C. The fourth-order valence-corrected chi connectivity index (χ4v) is 3.07. The van der Waals surface area contributed by atoms with Crippen LogP contribution in [0.1, 0.15) is 16.7 Å². The summed E-state index contributed by atoms with van der Waals surface area (Å²) in [4.78, 5) is 24.0.